The molecule has 0 atom stereocenters. The van der Waals surface area contributed by atoms with Crippen LogP contribution in [0.15, 0.2) is 60.9 Å². The average Bonchev–Trinajstić information content (AvgIpc) is 3.16. The summed E-state index contributed by atoms with van der Waals surface area (Å²) in [5.41, 5.74) is 7.15. The molecule has 3 heteroatoms. The van der Waals surface area contributed by atoms with Gasteiger partial charge >= 0.3 is 0 Å². The van der Waals surface area contributed by atoms with Crippen molar-refractivity contribution in [3.05, 3.63) is 77.7 Å². The van der Waals surface area contributed by atoms with E-state index < -0.39 is 0 Å². The fraction of sp³-hybridized carbons (Fsp3) is 0.136. The predicted molar refractivity (Wildman–Crippen MR) is 103 cm³/mol. The Morgan fingerprint density at radius 3 is 2.40 bits per heavy atom. The molecule has 2 aromatic carbocycles. The van der Waals surface area contributed by atoms with E-state index in [1.54, 1.807) is 6.92 Å². The Hall–Kier alpha value is -3.07. The van der Waals surface area contributed by atoms with Crippen LogP contribution in [0.5, 0.6) is 0 Å². The van der Waals surface area contributed by atoms with Crippen LogP contribution < -0.4 is 0 Å². The molecule has 25 heavy (non-hydrogen) atoms. The Kier molecular flexibility index (Phi) is 3.57. The quantitative estimate of drug-likeness (QED) is 0.499. The Bertz CT molecular complexity index is 1080. The van der Waals surface area contributed by atoms with Gasteiger partial charge < -0.3 is 9.55 Å². The molecule has 0 radical (unpaired) electrons. The van der Waals surface area contributed by atoms with Crippen LogP contribution in [0.1, 0.15) is 28.5 Å². The number of ketones is 1. The van der Waals surface area contributed by atoms with Crippen LogP contribution in [0.2, 0.25) is 0 Å². The zero-order valence-corrected chi connectivity index (χ0v) is 14.6. The highest BCUT2D eigenvalue weighted by molar-refractivity contribution is 6.06. The summed E-state index contributed by atoms with van der Waals surface area (Å²) in [6.45, 7) is 5.72. The summed E-state index contributed by atoms with van der Waals surface area (Å²) < 4.78 is 2.10. The molecule has 0 amide bonds. The van der Waals surface area contributed by atoms with Crippen LogP contribution in [-0.2, 0) is 0 Å². The van der Waals surface area contributed by atoms with Crippen molar-refractivity contribution in [2.75, 3.05) is 0 Å². The molecule has 2 heterocycles. The van der Waals surface area contributed by atoms with Crippen LogP contribution in [0, 0.1) is 13.8 Å². The highest BCUT2D eigenvalue weighted by Crippen LogP contribution is 2.35. The first-order valence-corrected chi connectivity index (χ1v) is 8.42. The second-order valence-corrected chi connectivity index (χ2v) is 6.51. The average molecular weight is 328 g/mol. The number of nitrogens with one attached hydrogen (secondary N) is 1. The van der Waals surface area contributed by atoms with Crippen molar-refractivity contribution in [2.45, 2.75) is 20.8 Å². The second-order valence-electron chi connectivity index (χ2n) is 6.51. The number of rotatable bonds is 3. The lowest BCUT2D eigenvalue weighted by Gasteiger charge is -2.07. The second kappa shape index (κ2) is 5.78. The predicted octanol–water partition coefficient (Wildman–Crippen LogP) is 5.45. The molecule has 0 saturated heterocycles. The molecule has 0 aliphatic heterocycles. The summed E-state index contributed by atoms with van der Waals surface area (Å²) in [5.74, 6) is 0.0867. The van der Waals surface area contributed by atoms with E-state index in [0.717, 1.165) is 39.0 Å². The van der Waals surface area contributed by atoms with Gasteiger partial charge in [0.2, 0.25) is 0 Å². The standard InChI is InChI=1S/C22H20N2O/c1-14-8-10-17(11-9-14)24-13-20(22(15(24)2)16(3)25)19-12-23-21-7-5-4-6-18(19)21/h4-13,23H,1-3H3. The van der Waals surface area contributed by atoms with E-state index in [-0.39, 0.29) is 5.78 Å². The number of para-hydroxylation sites is 1. The molecule has 4 rings (SSSR count). The van der Waals surface area contributed by atoms with Crippen LogP contribution in [-0.4, -0.2) is 15.3 Å². The summed E-state index contributed by atoms with van der Waals surface area (Å²) in [6.07, 6.45) is 4.07. The van der Waals surface area contributed by atoms with E-state index in [9.17, 15) is 4.79 Å². The number of aryl methyl sites for hydroxylation is 1. The van der Waals surface area contributed by atoms with Gasteiger partial charge in [0.25, 0.3) is 0 Å². The first-order chi connectivity index (χ1) is 12.1. The van der Waals surface area contributed by atoms with Crippen molar-refractivity contribution in [1.82, 2.24) is 9.55 Å². The smallest absolute Gasteiger partial charge is 0.162 e. The molecule has 0 aliphatic rings. The number of hydrogen-bond acceptors (Lipinski definition) is 1. The van der Waals surface area contributed by atoms with E-state index >= 15 is 0 Å². The van der Waals surface area contributed by atoms with Gasteiger partial charge in [-0.1, -0.05) is 35.9 Å². The lowest BCUT2D eigenvalue weighted by Crippen LogP contribution is -1.99. The fourth-order valence-electron chi connectivity index (χ4n) is 3.52. The third-order valence-electron chi connectivity index (χ3n) is 4.79. The summed E-state index contributed by atoms with van der Waals surface area (Å²) >= 11 is 0. The number of fused-ring (bicyclic) bond motifs is 1. The van der Waals surface area contributed by atoms with Crippen LogP contribution >= 0.6 is 0 Å². The third-order valence-corrected chi connectivity index (χ3v) is 4.79. The Morgan fingerprint density at radius 1 is 0.960 bits per heavy atom. The molecule has 0 unspecified atom stereocenters. The molecule has 1 N–H and O–H groups in total. The van der Waals surface area contributed by atoms with E-state index in [0.29, 0.717) is 0 Å². The van der Waals surface area contributed by atoms with Crippen molar-refractivity contribution in [2.24, 2.45) is 0 Å². The van der Waals surface area contributed by atoms with Gasteiger partial charge in [-0.05, 0) is 39.0 Å². The molecule has 0 saturated carbocycles. The maximum absolute atomic E-state index is 12.4. The normalized spacial score (nSPS) is 11.2. The zero-order chi connectivity index (χ0) is 17.6. The Labute approximate surface area is 146 Å². The van der Waals surface area contributed by atoms with Gasteiger partial charge in [-0.15, -0.1) is 0 Å². The highest BCUT2D eigenvalue weighted by atomic mass is 16.1. The van der Waals surface area contributed by atoms with E-state index in [1.165, 1.54) is 5.56 Å². The topological polar surface area (TPSA) is 37.8 Å². The number of aromatic amines is 1. The van der Waals surface area contributed by atoms with E-state index in [4.69, 9.17) is 0 Å². The van der Waals surface area contributed by atoms with E-state index in [1.807, 2.05) is 25.3 Å². The molecule has 0 bridgehead atoms. The molecule has 0 spiro atoms. The van der Waals surface area contributed by atoms with Gasteiger partial charge in [-0.2, -0.15) is 0 Å². The summed E-state index contributed by atoms with van der Waals surface area (Å²) in [6, 6.07) is 16.5. The summed E-state index contributed by atoms with van der Waals surface area (Å²) in [5, 5.41) is 1.13. The van der Waals surface area contributed by atoms with Crippen LogP contribution in [0.4, 0.5) is 0 Å². The van der Waals surface area contributed by atoms with Gasteiger partial charge in [-0.25, -0.2) is 0 Å². The van der Waals surface area contributed by atoms with Gasteiger partial charge in [0, 0.05) is 51.4 Å². The molecule has 0 fully saturated rings. The van der Waals surface area contributed by atoms with Crippen molar-refractivity contribution in [3.63, 3.8) is 0 Å². The minimum Gasteiger partial charge on any atom is -0.361 e. The maximum atomic E-state index is 12.4. The minimum absolute atomic E-state index is 0.0867. The Morgan fingerprint density at radius 2 is 1.68 bits per heavy atom. The maximum Gasteiger partial charge on any atom is 0.162 e. The first-order valence-electron chi connectivity index (χ1n) is 8.42. The zero-order valence-electron chi connectivity index (χ0n) is 14.6. The molecular weight excluding hydrogens is 308 g/mol. The number of hydrogen-bond donors (Lipinski definition) is 1. The molecule has 2 aromatic heterocycles. The van der Waals surface area contributed by atoms with Crippen molar-refractivity contribution >= 4 is 16.7 Å². The molecule has 0 aliphatic carbocycles. The van der Waals surface area contributed by atoms with Crippen molar-refractivity contribution < 1.29 is 4.79 Å². The number of benzene rings is 2. The van der Waals surface area contributed by atoms with Crippen LogP contribution in [0.25, 0.3) is 27.7 Å². The minimum atomic E-state index is 0.0867. The number of carbonyl (C=O) groups excluding carboxylic acids is 1. The number of aromatic nitrogens is 2. The van der Waals surface area contributed by atoms with Crippen molar-refractivity contribution in [3.8, 4) is 16.8 Å². The van der Waals surface area contributed by atoms with E-state index in [2.05, 4.69) is 59.1 Å². The summed E-state index contributed by atoms with van der Waals surface area (Å²) in [4.78, 5) is 15.7. The SMILES string of the molecule is CC(=O)c1c(-c2c[nH]c3ccccc23)cn(-c2ccc(C)cc2)c1C. The molecule has 4 aromatic rings. The molecule has 124 valence electrons. The Balaban J connectivity index is 1.98. The number of H-pyrrole nitrogens is 1. The third kappa shape index (κ3) is 2.49. The molecular formula is C22H20N2O. The van der Waals surface area contributed by atoms with Gasteiger partial charge in [0.15, 0.2) is 5.78 Å². The monoisotopic (exact) mass is 328 g/mol. The first kappa shape index (κ1) is 15.5. The largest absolute Gasteiger partial charge is 0.361 e. The lowest BCUT2D eigenvalue weighted by molar-refractivity contribution is 0.101. The summed E-state index contributed by atoms with van der Waals surface area (Å²) in [7, 11) is 0. The number of Topliss-reactive ketones (excluding diaryl/α,β-unsaturated/α-hetero) is 1. The van der Waals surface area contributed by atoms with Gasteiger partial charge in [0.05, 0.1) is 0 Å². The molecule has 3 nitrogen and oxygen atoms in total. The van der Waals surface area contributed by atoms with Gasteiger partial charge in [-0.3, -0.25) is 4.79 Å². The number of nitrogens with zero attached hydrogens (tertiary/aromatic N) is 1. The lowest BCUT2D eigenvalue weighted by atomic mass is 10.0. The van der Waals surface area contributed by atoms with Gasteiger partial charge in [0.1, 0.15) is 0 Å². The van der Waals surface area contributed by atoms with Crippen molar-refractivity contribution in [1.29, 1.82) is 0 Å². The fourth-order valence-corrected chi connectivity index (χ4v) is 3.52. The van der Waals surface area contributed by atoms with Crippen LogP contribution in [0.3, 0.4) is 0 Å². The highest BCUT2D eigenvalue weighted by Gasteiger charge is 2.20. The number of carbonyl (C=O) groups is 1.